The average Bonchev–Trinajstić information content (AvgIpc) is 3.17. The van der Waals surface area contributed by atoms with Gasteiger partial charge in [-0.3, -0.25) is 0 Å². The Morgan fingerprint density at radius 1 is 0.323 bits per heavy atom. The molecule has 0 atom stereocenters. The molecular formula is C57H84O8. The number of aromatic hydroxyl groups is 4. The lowest BCUT2D eigenvalue weighted by Gasteiger charge is -2.34. The largest absolute Gasteiger partial charge is 0.507 e. The van der Waals surface area contributed by atoms with Crippen molar-refractivity contribution in [2.24, 2.45) is 5.41 Å². The summed E-state index contributed by atoms with van der Waals surface area (Å²) < 4.78 is 26.9. The van der Waals surface area contributed by atoms with Crippen molar-refractivity contribution in [2.75, 3.05) is 26.4 Å². The van der Waals surface area contributed by atoms with Crippen molar-refractivity contribution in [3.8, 4) is 23.0 Å². The van der Waals surface area contributed by atoms with E-state index in [9.17, 15) is 20.4 Å². The van der Waals surface area contributed by atoms with E-state index < -0.39 is 5.41 Å². The van der Waals surface area contributed by atoms with Gasteiger partial charge < -0.3 is 39.4 Å². The Morgan fingerprint density at radius 3 is 0.646 bits per heavy atom. The van der Waals surface area contributed by atoms with E-state index in [0.29, 0.717) is 0 Å². The van der Waals surface area contributed by atoms with Crippen LogP contribution in [0.1, 0.15) is 172 Å². The third kappa shape index (κ3) is 12.3. The van der Waals surface area contributed by atoms with Gasteiger partial charge in [0.25, 0.3) is 0 Å². The Kier molecular flexibility index (Phi) is 16.5. The maximum atomic E-state index is 11.4. The van der Waals surface area contributed by atoms with Gasteiger partial charge in [0.2, 0.25) is 0 Å². The second-order valence-electron chi connectivity index (χ2n) is 23.2. The van der Waals surface area contributed by atoms with Crippen molar-refractivity contribution >= 4 is 0 Å². The second kappa shape index (κ2) is 20.0. The molecule has 0 amide bonds. The molecule has 4 aromatic rings. The normalized spacial score (nSPS) is 13.0. The molecule has 4 N–H and O–H groups in total. The van der Waals surface area contributed by atoms with Gasteiger partial charge in [0.1, 0.15) is 23.0 Å². The fourth-order valence-corrected chi connectivity index (χ4v) is 8.95. The van der Waals surface area contributed by atoms with E-state index in [2.05, 4.69) is 135 Å². The van der Waals surface area contributed by atoms with Crippen molar-refractivity contribution in [1.29, 1.82) is 0 Å². The maximum Gasteiger partial charge on any atom is 0.122 e. The standard InChI is InChI=1S/C57H84O8/c1-33-21-45(53(9,10)11)49(58)37(5)41(33)25-62-29-57(30-63-26-42-34(2)22-46(54(12,13)14)50(59)38(42)6,31-64-27-43-35(3)23-47(55(15,16)17)51(60)39(43)7)32-65-28-44-36(4)24-48(56(18,19)20)52(61)40(44)8/h21-24,58-61H,25-32H2,1-20H3. The zero-order valence-corrected chi connectivity index (χ0v) is 43.9. The second-order valence-corrected chi connectivity index (χ2v) is 23.2. The van der Waals surface area contributed by atoms with Crippen LogP contribution >= 0.6 is 0 Å². The molecule has 0 saturated heterocycles. The molecule has 8 nitrogen and oxygen atoms in total. The molecule has 0 aromatic heterocycles. The van der Waals surface area contributed by atoms with Crippen LogP contribution in [0.3, 0.4) is 0 Å². The van der Waals surface area contributed by atoms with Gasteiger partial charge >= 0.3 is 0 Å². The van der Waals surface area contributed by atoms with Crippen molar-refractivity contribution in [3.63, 3.8) is 0 Å². The first kappa shape index (κ1) is 53.5. The monoisotopic (exact) mass is 897 g/mol. The van der Waals surface area contributed by atoms with E-state index in [1.807, 2.05) is 27.7 Å². The highest BCUT2D eigenvalue weighted by atomic mass is 16.5. The van der Waals surface area contributed by atoms with Crippen LogP contribution in [-0.2, 0) is 67.0 Å². The van der Waals surface area contributed by atoms with Crippen molar-refractivity contribution in [2.45, 2.75) is 187 Å². The Balaban J connectivity index is 1.78. The fourth-order valence-electron chi connectivity index (χ4n) is 8.95. The highest BCUT2D eigenvalue weighted by Crippen LogP contribution is 2.41. The molecule has 65 heavy (non-hydrogen) atoms. The summed E-state index contributed by atoms with van der Waals surface area (Å²) in [5.74, 6) is 1.14. The number of rotatable bonds is 16. The third-order valence-corrected chi connectivity index (χ3v) is 13.5. The van der Waals surface area contributed by atoms with Gasteiger partial charge in [0.15, 0.2) is 0 Å². The van der Waals surface area contributed by atoms with Crippen molar-refractivity contribution in [1.82, 2.24) is 0 Å². The number of phenolic OH excluding ortho intramolecular Hbond substituents is 4. The first-order chi connectivity index (χ1) is 29.7. The van der Waals surface area contributed by atoms with Crippen molar-refractivity contribution in [3.05, 3.63) is 113 Å². The minimum absolute atomic E-state index is 0.193. The lowest BCUT2D eigenvalue weighted by Crippen LogP contribution is -2.41. The predicted molar refractivity (Wildman–Crippen MR) is 266 cm³/mol. The van der Waals surface area contributed by atoms with Gasteiger partial charge in [0, 0.05) is 0 Å². The summed E-state index contributed by atoms with van der Waals surface area (Å²) in [6.07, 6.45) is 0. The summed E-state index contributed by atoms with van der Waals surface area (Å²) in [5.41, 5.74) is 12.8. The van der Waals surface area contributed by atoms with E-state index in [1.165, 1.54) is 0 Å². The average molecular weight is 897 g/mol. The molecule has 0 aliphatic rings. The molecule has 0 unspecified atom stereocenters. The number of phenols is 4. The Bertz CT molecular complexity index is 2010. The number of hydrogen-bond acceptors (Lipinski definition) is 8. The number of benzene rings is 4. The van der Waals surface area contributed by atoms with Crippen LogP contribution in [0.25, 0.3) is 0 Å². The van der Waals surface area contributed by atoms with Gasteiger partial charge in [-0.25, -0.2) is 0 Å². The molecule has 0 heterocycles. The highest BCUT2D eigenvalue weighted by molar-refractivity contribution is 5.54. The Hall–Kier alpha value is -4.08. The van der Waals surface area contributed by atoms with Gasteiger partial charge in [-0.15, -0.1) is 0 Å². The first-order valence-corrected chi connectivity index (χ1v) is 23.3. The molecule has 360 valence electrons. The SMILES string of the molecule is Cc1cc(C(C)(C)C)c(O)c(C)c1COCC(COCc1c(C)cc(C(C)(C)C)c(O)c1C)(COCc1c(C)cc(C(C)(C)C)c(O)c1C)COCc1c(C)cc(C(C)(C)C)c(O)c1C. The van der Waals surface area contributed by atoms with Gasteiger partial charge in [-0.1, -0.05) is 107 Å². The summed E-state index contributed by atoms with van der Waals surface area (Å²) in [4.78, 5) is 0. The summed E-state index contributed by atoms with van der Waals surface area (Å²) in [5, 5.41) is 45.5. The van der Waals surface area contributed by atoms with Crippen LogP contribution in [0.15, 0.2) is 24.3 Å². The Labute approximate surface area is 392 Å². The van der Waals surface area contributed by atoms with Crippen LogP contribution in [0, 0.1) is 60.8 Å². The molecule has 8 heteroatoms. The maximum absolute atomic E-state index is 11.4. The van der Waals surface area contributed by atoms with E-state index >= 15 is 0 Å². The minimum atomic E-state index is -0.852. The van der Waals surface area contributed by atoms with E-state index in [4.69, 9.17) is 18.9 Å². The quantitative estimate of drug-likeness (QED) is 0.0878. The summed E-state index contributed by atoms with van der Waals surface area (Å²) in [7, 11) is 0. The van der Waals surface area contributed by atoms with Crippen LogP contribution in [0.4, 0.5) is 0 Å². The Morgan fingerprint density at radius 2 is 0.492 bits per heavy atom. The zero-order valence-electron chi connectivity index (χ0n) is 43.9. The predicted octanol–water partition coefficient (Wildman–Crippen LogP) is 13.3. The number of aryl methyl sites for hydroxylation is 4. The molecule has 4 rings (SSSR count). The summed E-state index contributed by atoms with van der Waals surface area (Å²) in [6.45, 7) is 43.0. The molecule has 0 bridgehead atoms. The first-order valence-electron chi connectivity index (χ1n) is 23.3. The molecule has 0 saturated carbocycles. The lowest BCUT2D eigenvalue weighted by atomic mass is 9.82. The van der Waals surface area contributed by atoms with Gasteiger partial charge in [0.05, 0.1) is 58.3 Å². The van der Waals surface area contributed by atoms with Crippen LogP contribution in [0.2, 0.25) is 0 Å². The topological polar surface area (TPSA) is 118 Å². The van der Waals surface area contributed by atoms with E-state index in [-0.39, 0.29) is 97.5 Å². The number of ether oxygens (including phenoxy) is 4. The smallest absolute Gasteiger partial charge is 0.122 e. The molecular weight excluding hydrogens is 813 g/mol. The van der Waals surface area contributed by atoms with Gasteiger partial charge in [-0.2, -0.15) is 0 Å². The fraction of sp³-hybridized carbons (Fsp3) is 0.579. The highest BCUT2D eigenvalue weighted by Gasteiger charge is 2.35. The zero-order chi connectivity index (χ0) is 49.4. The molecule has 0 radical (unpaired) electrons. The lowest BCUT2D eigenvalue weighted by molar-refractivity contribution is -0.117. The number of hydrogen-bond donors (Lipinski definition) is 4. The molecule has 0 aliphatic carbocycles. The summed E-state index contributed by atoms with van der Waals surface area (Å²) >= 11 is 0. The van der Waals surface area contributed by atoms with Crippen LogP contribution < -0.4 is 0 Å². The molecule has 0 aliphatic heterocycles. The molecule has 0 spiro atoms. The third-order valence-electron chi connectivity index (χ3n) is 13.5. The van der Waals surface area contributed by atoms with Crippen molar-refractivity contribution < 1.29 is 39.4 Å². The minimum Gasteiger partial charge on any atom is -0.507 e. The van der Waals surface area contributed by atoms with Gasteiger partial charge in [-0.05, 0) is 166 Å². The van der Waals surface area contributed by atoms with E-state index in [0.717, 1.165) is 89.0 Å². The molecule has 0 fully saturated rings. The van der Waals surface area contributed by atoms with Crippen LogP contribution in [-0.4, -0.2) is 46.9 Å². The molecule has 4 aromatic carbocycles. The summed E-state index contributed by atoms with van der Waals surface area (Å²) in [6, 6.07) is 8.24. The van der Waals surface area contributed by atoms with Crippen LogP contribution in [0.5, 0.6) is 23.0 Å². The van der Waals surface area contributed by atoms with E-state index in [1.54, 1.807) is 0 Å².